The van der Waals surface area contributed by atoms with Crippen LogP contribution in [0.2, 0.25) is 5.02 Å². The standard InChI is InChI=1S/C23H34ClN3O4/c1-16(2)31-22(29)15-20(18-11-6-7-12-19(18)24)27-21(28)13-8-14-25-23(30)26-17-9-4-3-5-10-17/h6-7,11-12,16-17,20H,3-5,8-10,13-15H2,1-2H3,(H,27,28)(H2,25,26,30). The van der Waals surface area contributed by atoms with Crippen LogP contribution in [0.4, 0.5) is 4.79 Å². The lowest BCUT2D eigenvalue weighted by atomic mass is 9.96. The molecule has 3 amide bonds. The minimum atomic E-state index is -0.574. The summed E-state index contributed by atoms with van der Waals surface area (Å²) in [4.78, 5) is 36.6. The molecule has 1 aliphatic rings. The zero-order chi connectivity index (χ0) is 22.6. The van der Waals surface area contributed by atoms with Gasteiger partial charge in [0.1, 0.15) is 0 Å². The molecule has 3 N–H and O–H groups in total. The number of hydrogen-bond acceptors (Lipinski definition) is 4. The molecule has 7 nitrogen and oxygen atoms in total. The Balaban J connectivity index is 1.79. The number of urea groups is 1. The van der Waals surface area contributed by atoms with Gasteiger partial charge in [-0.3, -0.25) is 9.59 Å². The SMILES string of the molecule is CC(C)OC(=O)CC(NC(=O)CCCNC(=O)NC1CCCCC1)c1ccccc1Cl. The number of hydrogen-bond donors (Lipinski definition) is 3. The predicted octanol–water partition coefficient (Wildman–Crippen LogP) is 4.25. The number of ether oxygens (including phenoxy) is 1. The molecule has 0 aromatic heterocycles. The lowest BCUT2D eigenvalue weighted by molar-refractivity contribution is -0.148. The van der Waals surface area contributed by atoms with Crippen LogP contribution in [0.25, 0.3) is 0 Å². The monoisotopic (exact) mass is 451 g/mol. The van der Waals surface area contributed by atoms with Crippen molar-refractivity contribution in [3.8, 4) is 0 Å². The van der Waals surface area contributed by atoms with Gasteiger partial charge in [-0.2, -0.15) is 0 Å². The van der Waals surface area contributed by atoms with Crippen LogP contribution in [0.3, 0.4) is 0 Å². The number of esters is 1. The van der Waals surface area contributed by atoms with Crippen LogP contribution in [-0.4, -0.2) is 36.6 Å². The smallest absolute Gasteiger partial charge is 0.315 e. The molecule has 0 saturated heterocycles. The van der Waals surface area contributed by atoms with Gasteiger partial charge in [-0.25, -0.2) is 4.79 Å². The largest absolute Gasteiger partial charge is 0.463 e. The van der Waals surface area contributed by atoms with Gasteiger partial charge in [-0.1, -0.05) is 49.1 Å². The maximum absolute atomic E-state index is 12.5. The molecule has 1 aromatic carbocycles. The summed E-state index contributed by atoms with van der Waals surface area (Å²) >= 11 is 6.28. The van der Waals surface area contributed by atoms with E-state index >= 15 is 0 Å². The van der Waals surface area contributed by atoms with Gasteiger partial charge >= 0.3 is 12.0 Å². The van der Waals surface area contributed by atoms with E-state index in [2.05, 4.69) is 16.0 Å². The molecule has 2 rings (SSSR count). The van der Waals surface area contributed by atoms with E-state index in [1.807, 2.05) is 6.07 Å². The first kappa shape index (κ1) is 25.0. The molecule has 1 saturated carbocycles. The molecule has 1 unspecified atom stereocenters. The molecule has 0 spiro atoms. The Bertz CT molecular complexity index is 735. The minimum Gasteiger partial charge on any atom is -0.463 e. The minimum absolute atomic E-state index is 0.00427. The summed E-state index contributed by atoms with van der Waals surface area (Å²) < 4.78 is 5.22. The molecule has 1 fully saturated rings. The third-order valence-corrected chi connectivity index (χ3v) is 5.50. The third kappa shape index (κ3) is 9.59. The Kier molecular flexibility index (Phi) is 10.6. The molecule has 0 radical (unpaired) electrons. The summed E-state index contributed by atoms with van der Waals surface area (Å²) in [6, 6.07) is 6.60. The number of amides is 3. The molecular weight excluding hydrogens is 418 g/mol. The number of rotatable bonds is 10. The van der Waals surface area contributed by atoms with Gasteiger partial charge in [0.25, 0.3) is 0 Å². The second-order valence-corrected chi connectivity index (χ2v) is 8.63. The second-order valence-electron chi connectivity index (χ2n) is 8.22. The summed E-state index contributed by atoms with van der Waals surface area (Å²) in [7, 11) is 0. The van der Waals surface area contributed by atoms with Gasteiger partial charge in [0.15, 0.2) is 0 Å². The molecule has 172 valence electrons. The summed E-state index contributed by atoms with van der Waals surface area (Å²) in [6.45, 7) is 3.95. The number of halogens is 1. The predicted molar refractivity (Wildman–Crippen MR) is 121 cm³/mol. The Morgan fingerprint density at radius 3 is 2.52 bits per heavy atom. The van der Waals surface area contributed by atoms with Crippen molar-refractivity contribution in [3.63, 3.8) is 0 Å². The molecular formula is C23H34ClN3O4. The van der Waals surface area contributed by atoms with E-state index in [0.29, 0.717) is 23.6 Å². The van der Waals surface area contributed by atoms with Crippen LogP contribution < -0.4 is 16.0 Å². The van der Waals surface area contributed by atoms with Crippen LogP contribution in [0.15, 0.2) is 24.3 Å². The fourth-order valence-corrected chi connectivity index (χ4v) is 3.94. The first-order valence-electron chi connectivity index (χ1n) is 11.1. The fraction of sp³-hybridized carbons (Fsp3) is 0.609. The normalized spacial score (nSPS) is 15.2. The highest BCUT2D eigenvalue weighted by atomic mass is 35.5. The Morgan fingerprint density at radius 1 is 1.13 bits per heavy atom. The van der Waals surface area contributed by atoms with Gasteiger partial charge in [-0.15, -0.1) is 0 Å². The van der Waals surface area contributed by atoms with Crippen molar-refractivity contribution in [2.75, 3.05) is 6.54 Å². The highest BCUT2D eigenvalue weighted by Crippen LogP contribution is 2.26. The van der Waals surface area contributed by atoms with E-state index in [1.165, 1.54) is 6.42 Å². The lowest BCUT2D eigenvalue weighted by Crippen LogP contribution is -2.43. The lowest BCUT2D eigenvalue weighted by Gasteiger charge is -2.23. The van der Waals surface area contributed by atoms with Crippen LogP contribution in [0.5, 0.6) is 0 Å². The molecule has 1 atom stereocenters. The van der Waals surface area contributed by atoms with Crippen LogP contribution in [0, 0.1) is 0 Å². The van der Waals surface area contributed by atoms with E-state index in [0.717, 1.165) is 25.7 Å². The first-order chi connectivity index (χ1) is 14.8. The van der Waals surface area contributed by atoms with Crippen molar-refractivity contribution in [3.05, 3.63) is 34.9 Å². The molecule has 1 aliphatic carbocycles. The first-order valence-corrected chi connectivity index (χ1v) is 11.5. The highest BCUT2D eigenvalue weighted by Gasteiger charge is 2.22. The van der Waals surface area contributed by atoms with Gasteiger partial charge < -0.3 is 20.7 Å². The number of carbonyl (C=O) groups excluding carboxylic acids is 3. The van der Waals surface area contributed by atoms with Crippen molar-refractivity contribution >= 4 is 29.5 Å². The third-order valence-electron chi connectivity index (χ3n) is 5.16. The molecule has 0 bridgehead atoms. The van der Waals surface area contributed by atoms with Crippen LogP contribution >= 0.6 is 11.6 Å². The average Bonchev–Trinajstić information content (AvgIpc) is 2.71. The van der Waals surface area contributed by atoms with Crippen LogP contribution in [-0.2, 0) is 14.3 Å². The van der Waals surface area contributed by atoms with Crippen molar-refractivity contribution < 1.29 is 19.1 Å². The van der Waals surface area contributed by atoms with Crippen molar-refractivity contribution in [1.29, 1.82) is 0 Å². The molecule has 1 aromatic rings. The summed E-state index contributed by atoms with van der Waals surface area (Å²) in [5.74, 6) is -0.613. The molecule has 0 heterocycles. The summed E-state index contributed by atoms with van der Waals surface area (Å²) in [5, 5.41) is 9.15. The molecule has 8 heteroatoms. The van der Waals surface area contributed by atoms with Gasteiger partial charge in [0.05, 0.1) is 18.6 Å². The van der Waals surface area contributed by atoms with Crippen molar-refractivity contribution in [2.45, 2.75) is 83.4 Å². The van der Waals surface area contributed by atoms with E-state index in [1.54, 1.807) is 32.0 Å². The van der Waals surface area contributed by atoms with Crippen molar-refractivity contribution in [1.82, 2.24) is 16.0 Å². The zero-order valence-corrected chi connectivity index (χ0v) is 19.2. The Labute approximate surface area is 189 Å². The Hall–Kier alpha value is -2.28. The van der Waals surface area contributed by atoms with E-state index in [4.69, 9.17) is 16.3 Å². The maximum atomic E-state index is 12.5. The average molecular weight is 452 g/mol. The van der Waals surface area contributed by atoms with Crippen molar-refractivity contribution in [2.24, 2.45) is 0 Å². The Morgan fingerprint density at radius 2 is 1.84 bits per heavy atom. The molecule has 0 aliphatic heterocycles. The zero-order valence-electron chi connectivity index (χ0n) is 18.4. The number of carbonyl (C=O) groups is 3. The topological polar surface area (TPSA) is 96.5 Å². The van der Waals surface area contributed by atoms with Gasteiger partial charge in [0, 0.05) is 24.0 Å². The van der Waals surface area contributed by atoms with Crippen LogP contribution in [0.1, 0.15) is 76.8 Å². The van der Waals surface area contributed by atoms with Gasteiger partial charge in [-0.05, 0) is 44.7 Å². The number of nitrogens with one attached hydrogen (secondary N) is 3. The second kappa shape index (κ2) is 13.2. The van der Waals surface area contributed by atoms with Gasteiger partial charge in [0.2, 0.25) is 5.91 Å². The summed E-state index contributed by atoms with van der Waals surface area (Å²) in [5.41, 5.74) is 0.670. The molecule has 31 heavy (non-hydrogen) atoms. The van der Waals surface area contributed by atoms with E-state index < -0.39 is 12.0 Å². The maximum Gasteiger partial charge on any atom is 0.315 e. The fourth-order valence-electron chi connectivity index (χ4n) is 3.67. The van der Waals surface area contributed by atoms with E-state index in [-0.39, 0.29) is 36.9 Å². The quantitative estimate of drug-likeness (QED) is 0.366. The summed E-state index contributed by atoms with van der Waals surface area (Å²) in [6.07, 6.45) is 6.08. The van der Waals surface area contributed by atoms with E-state index in [9.17, 15) is 14.4 Å². The highest BCUT2D eigenvalue weighted by molar-refractivity contribution is 6.31. The number of benzene rings is 1.